The average Bonchev–Trinajstić information content (AvgIpc) is 2.81. The molecule has 0 saturated carbocycles. The first-order chi connectivity index (χ1) is 8.99. The molecule has 1 aliphatic heterocycles. The summed E-state index contributed by atoms with van der Waals surface area (Å²) in [6.45, 7) is 7.72. The van der Waals surface area contributed by atoms with Crippen LogP contribution in [-0.4, -0.2) is 26.2 Å². The van der Waals surface area contributed by atoms with Crippen LogP contribution in [0.25, 0.3) is 0 Å². The van der Waals surface area contributed by atoms with Gasteiger partial charge in [0, 0.05) is 18.0 Å². The minimum atomic E-state index is -0.526. The van der Waals surface area contributed by atoms with Crippen molar-refractivity contribution in [2.75, 3.05) is 26.2 Å². The predicted octanol–water partition coefficient (Wildman–Crippen LogP) is 2.44. The van der Waals surface area contributed by atoms with E-state index in [2.05, 4.69) is 10.6 Å². The monoisotopic (exact) mass is 268 g/mol. The third kappa shape index (κ3) is 3.74. The van der Waals surface area contributed by atoms with Crippen molar-refractivity contribution in [2.45, 2.75) is 25.7 Å². The van der Waals surface area contributed by atoms with Crippen molar-refractivity contribution in [1.82, 2.24) is 10.6 Å². The number of nitrogens with one attached hydrogen (secondary N) is 2. The summed E-state index contributed by atoms with van der Waals surface area (Å²) < 4.78 is 26.7. The molecule has 1 unspecified atom stereocenters. The van der Waals surface area contributed by atoms with E-state index in [0.717, 1.165) is 25.7 Å². The Bertz CT molecular complexity index is 426. The molecule has 1 aliphatic rings. The highest BCUT2D eigenvalue weighted by atomic mass is 19.1. The van der Waals surface area contributed by atoms with E-state index in [0.29, 0.717) is 18.0 Å². The molecular formula is C15H22F2N2. The molecule has 0 amide bonds. The summed E-state index contributed by atoms with van der Waals surface area (Å²) in [6.07, 6.45) is 1.19. The number of halogens is 2. The molecule has 106 valence electrons. The largest absolute Gasteiger partial charge is 0.316 e. The molecule has 0 aliphatic carbocycles. The van der Waals surface area contributed by atoms with Gasteiger partial charge in [-0.2, -0.15) is 0 Å². The third-order valence-corrected chi connectivity index (χ3v) is 3.82. The molecule has 2 N–H and O–H groups in total. The standard InChI is InChI=1S/C15H22F2N2/c1-15(2,10-19-9-11-5-6-18-8-11)13-4-3-12(16)7-14(13)17/h3-4,7,11,18-19H,5-6,8-10H2,1-2H3. The predicted molar refractivity (Wildman–Crippen MR) is 73.2 cm³/mol. The summed E-state index contributed by atoms with van der Waals surface area (Å²) in [6, 6.07) is 3.82. The molecule has 0 radical (unpaired) electrons. The topological polar surface area (TPSA) is 24.1 Å². The molecular weight excluding hydrogens is 246 g/mol. The van der Waals surface area contributed by atoms with Gasteiger partial charge in [0.15, 0.2) is 0 Å². The van der Waals surface area contributed by atoms with E-state index in [1.54, 1.807) is 6.07 Å². The van der Waals surface area contributed by atoms with Gasteiger partial charge in [-0.15, -0.1) is 0 Å². The normalized spacial score (nSPS) is 19.9. The van der Waals surface area contributed by atoms with Gasteiger partial charge in [-0.25, -0.2) is 8.78 Å². The molecule has 1 aromatic carbocycles. The van der Waals surface area contributed by atoms with Crippen molar-refractivity contribution < 1.29 is 8.78 Å². The second-order valence-electron chi connectivity index (χ2n) is 6.00. The van der Waals surface area contributed by atoms with Crippen LogP contribution in [0.4, 0.5) is 8.78 Å². The third-order valence-electron chi connectivity index (χ3n) is 3.82. The van der Waals surface area contributed by atoms with Crippen LogP contribution in [0, 0.1) is 17.6 Å². The SMILES string of the molecule is CC(C)(CNCC1CCNC1)c1ccc(F)cc1F. The van der Waals surface area contributed by atoms with Crippen molar-refractivity contribution in [1.29, 1.82) is 0 Å². The van der Waals surface area contributed by atoms with Crippen molar-refractivity contribution in [3.8, 4) is 0 Å². The van der Waals surface area contributed by atoms with E-state index in [4.69, 9.17) is 0 Å². The fourth-order valence-corrected chi connectivity index (χ4v) is 2.61. The summed E-state index contributed by atoms with van der Waals surface area (Å²) in [7, 11) is 0. The van der Waals surface area contributed by atoms with Crippen molar-refractivity contribution in [2.24, 2.45) is 5.92 Å². The quantitative estimate of drug-likeness (QED) is 0.857. The van der Waals surface area contributed by atoms with Crippen molar-refractivity contribution in [3.63, 3.8) is 0 Å². The molecule has 4 heteroatoms. The lowest BCUT2D eigenvalue weighted by molar-refractivity contribution is 0.415. The maximum Gasteiger partial charge on any atom is 0.129 e. The first-order valence-corrected chi connectivity index (χ1v) is 6.86. The molecule has 19 heavy (non-hydrogen) atoms. The van der Waals surface area contributed by atoms with Gasteiger partial charge in [0.1, 0.15) is 11.6 Å². The van der Waals surface area contributed by atoms with Crippen molar-refractivity contribution >= 4 is 0 Å². The van der Waals surface area contributed by atoms with E-state index in [1.807, 2.05) is 13.8 Å². The first kappa shape index (κ1) is 14.4. The maximum absolute atomic E-state index is 13.8. The van der Waals surface area contributed by atoms with Crippen LogP contribution in [0.15, 0.2) is 18.2 Å². The first-order valence-electron chi connectivity index (χ1n) is 6.86. The van der Waals surface area contributed by atoms with E-state index in [-0.39, 0.29) is 5.41 Å². The van der Waals surface area contributed by atoms with E-state index < -0.39 is 11.6 Å². The lowest BCUT2D eigenvalue weighted by Crippen LogP contribution is -2.36. The number of benzene rings is 1. The van der Waals surface area contributed by atoms with Crippen LogP contribution in [0.5, 0.6) is 0 Å². The molecule has 0 aromatic heterocycles. The lowest BCUT2D eigenvalue weighted by Gasteiger charge is -2.27. The highest BCUT2D eigenvalue weighted by molar-refractivity contribution is 5.26. The zero-order chi connectivity index (χ0) is 13.9. The van der Waals surface area contributed by atoms with Crippen LogP contribution in [-0.2, 0) is 5.41 Å². The van der Waals surface area contributed by atoms with Gasteiger partial charge in [-0.05, 0) is 43.6 Å². The second kappa shape index (κ2) is 5.97. The Morgan fingerprint density at radius 2 is 2.16 bits per heavy atom. The summed E-state index contributed by atoms with van der Waals surface area (Å²) in [4.78, 5) is 0. The summed E-state index contributed by atoms with van der Waals surface area (Å²) >= 11 is 0. The molecule has 1 heterocycles. The molecule has 1 atom stereocenters. The van der Waals surface area contributed by atoms with E-state index in [9.17, 15) is 8.78 Å². The number of hydrogen-bond donors (Lipinski definition) is 2. The Balaban J connectivity index is 1.92. The van der Waals surface area contributed by atoms with Crippen molar-refractivity contribution in [3.05, 3.63) is 35.4 Å². The highest BCUT2D eigenvalue weighted by Gasteiger charge is 2.25. The van der Waals surface area contributed by atoms with Gasteiger partial charge in [0.2, 0.25) is 0 Å². The van der Waals surface area contributed by atoms with Gasteiger partial charge < -0.3 is 10.6 Å². The minimum Gasteiger partial charge on any atom is -0.316 e. The Hall–Kier alpha value is -1.00. The Morgan fingerprint density at radius 1 is 1.37 bits per heavy atom. The summed E-state index contributed by atoms with van der Waals surface area (Å²) in [5.74, 6) is -0.328. The second-order valence-corrected chi connectivity index (χ2v) is 6.00. The fourth-order valence-electron chi connectivity index (χ4n) is 2.61. The number of rotatable bonds is 5. The molecule has 0 bridgehead atoms. The highest BCUT2D eigenvalue weighted by Crippen LogP contribution is 2.25. The smallest absolute Gasteiger partial charge is 0.129 e. The van der Waals surface area contributed by atoms with Crippen LogP contribution in [0.2, 0.25) is 0 Å². The van der Waals surface area contributed by atoms with Gasteiger partial charge in [-0.1, -0.05) is 19.9 Å². The van der Waals surface area contributed by atoms with Gasteiger partial charge in [-0.3, -0.25) is 0 Å². The molecule has 1 aromatic rings. The van der Waals surface area contributed by atoms with Gasteiger partial charge in [0.25, 0.3) is 0 Å². The average molecular weight is 268 g/mol. The fraction of sp³-hybridized carbons (Fsp3) is 0.600. The van der Waals surface area contributed by atoms with Gasteiger partial charge >= 0.3 is 0 Å². The molecule has 2 nitrogen and oxygen atoms in total. The zero-order valence-corrected chi connectivity index (χ0v) is 11.6. The molecule has 1 saturated heterocycles. The molecule has 0 spiro atoms. The number of hydrogen-bond acceptors (Lipinski definition) is 2. The Labute approximate surface area is 113 Å². The van der Waals surface area contributed by atoms with Crippen LogP contribution in [0.1, 0.15) is 25.8 Å². The minimum absolute atomic E-state index is 0.343. The maximum atomic E-state index is 13.8. The molecule has 1 fully saturated rings. The summed E-state index contributed by atoms with van der Waals surface area (Å²) in [5, 5.41) is 6.73. The zero-order valence-electron chi connectivity index (χ0n) is 11.6. The van der Waals surface area contributed by atoms with Gasteiger partial charge in [0.05, 0.1) is 0 Å². The summed E-state index contributed by atoms with van der Waals surface area (Å²) in [5.41, 5.74) is 0.218. The van der Waals surface area contributed by atoms with E-state index in [1.165, 1.54) is 12.5 Å². The Kier molecular flexibility index (Phi) is 4.53. The van der Waals surface area contributed by atoms with E-state index >= 15 is 0 Å². The molecule has 2 rings (SSSR count). The Morgan fingerprint density at radius 3 is 2.79 bits per heavy atom. The lowest BCUT2D eigenvalue weighted by atomic mass is 9.84. The van der Waals surface area contributed by atoms with Crippen LogP contribution < -0.4 is 10.6 Å². The van der Waals surface area contributed by atoms with Crippen LogP contribution in [0.3, 0.4) is 0 Å². The van der Waals surface area contributed by atoms with Crippen LogP contribution >= 0.6 is 0 Å².